The lowest BCUT2D eigenvalue weighted by Gasteiger charge is -2.20. The second kappa shape index (κ2) is 4.30. The first kappa shape index (κ1) is 10.5. The third-order valence-corrected chi connectivity index (χ3v) is 3.23. The van der Waals surface area contributed by atoms with Crippen molar-refractivity contribution in [3.05, 3.63) is 40.3 Å². The van der Waals surface area contributed by atoms with Crippen LogP contribution >= 0.6 is 0 Å². The van der Waals surface area contributed by atoms with Crippen molar-refractivity contribution in [2.24, 2.45) is 0 Å². The van der Waals surface area contributed by atoms with Gasteiger partial charge in [-0.1, -0.05) is 12.1 Å². The van der Waals surface area contributed by atoms with Crippen LogP contribution in [0.3, 0.4) is 0 Å². The number of nitrogens with one attached hydrogen (secondary N) is 1. The highest BCUT2D eigenvalue weighted by Crippen LogP contribution is 2.23. The smallest absolute Gasteiger partial charge is 0.270 e. The highest BCUT2D eigenvalue weighted by atomic mass is 16.5. The first-order chi connectivity index (χ1) is 8.34. The summed E-state index contributed by atoms with van der Waals surface area (Å²) in [5.41, 5.74) is 2.25. The minimum Gasteiger partial charge on any atom is -0.381 e. The number of H-pyrrole nitrogens is 1. The van der Waals surface area contributed by atoms with Gasteiger partial charge in [-0.05, 0) is 25.0 Å². The molecule has 2 aromatic rings. The van der Waals surface area contributed by atoms with E-state index >= 15 is 0 Å². The number of rotatable bonds is 1. The molecule has 0 amide bonds. The van der Waals surface area contributed by atoms with Crippen LogP contribution < -0.4 is 5.56 Å². The lowest BCUT2D eigenvalue weighted by Crippen LogP contribution is -2.23. The van der Waals surface area contributed by atoms with Gasteiger partial charge in [-0.3, -0.25) is 4.79 Å². The fraction of sp³-hybridized carbons (Fsp3) is 0.385. The molecule has 0 saturated carbocycles. The Labute approximate surface area is 98.6 Å². The SMILES string of the molecule is O=c1[nH]c2ccccc2nc1C1CCOCC1. The Hall–Kier alpha value is -1.68. The summed E-state index contributed by atoms with van der Waals surface area (Å²) in [6.07, 6.45) is 1.77. The molecule has 1 aliphatic rings. The van der Waals surface area contributed by atoms with E-state index < -0.39 is 0 Å². The van der Waals surface area contributed by atoms with Gasteiger partial charge in [-0.2, -0.15) is 0 Å². The van der Waals surface area contributed by atoms with Gasteiger partial charge in [0.1, 0.15) is 5.69 Å². The Balaban J connectivity index is 2.09. The number of hydrogen-bond donors (Lipinski definition) is 1. The summed E-state index contributed by atoms with van der Waals surface area (Å²) in [6, 6.07) is 7.63. The van der Waals surface area contributed by atoms with E-state index in [4.69, 9.17) is 4.74 Å². The fourth-order valence-electron chi connectivity index (χ4n) is 2.29. The number of nitrogens with zero attached hydrogens (tertiary/aromatic N) is 1. The molecule has 0 aliphatic carbocycles. The highest BCUT2D eigenvalue weighted by molar-refractivity contribution is 5.73. The lowest BCUT2D eigenvalue weighted by molar-refractivity contribution is 0.0843. The van der Waals surface area contributed by atoms with Gasteiger partial charge < -0.3 is 9.72 Å². The monoisotopic (exact) mass is 230 g/mol. The largest absolute Gasteiger partial charge is 0.381 e. The molecule has 4 nitrogen and oxygen atoms in total. The number of hydrogen-bond acceptors (Lipinski definition) is 3. The molecule has 0 bridgehead atoms. The molecule has 1 N–H and O–H groups in total. The van der Waals surface area contributed by atoms with Crippen LogP contribution in [-0.4, -0.2) is 23.2 Å². The standard InChI is InChI=1S/C13H14N2O2/c16-13-12(9-5-7-17-8-6-9)14-10-3-1-2-4-11(10)15-13/h1-4,9H,5-8H2,(H,15,16). The van der Waals surface area contributed by atoms with Gasteiger partial charge in [-0.25, -0.2) is 4.98 Å². The Kier molecular flexibility index (Phi) is 2.65. The minimum atomic E-state index is -0.0596. The van der Waals surface area contributed by atoms with E-state index in [0.717, 1.165) is 37.1 Å². The second-order valence-electron chi connectivity index (χ2n) is 4.35. The number of para-hydroxylation sites is 2. The van der Waals surface area contributed by atoms with E-state index in [9.17, 15) is 4.79 Å². The minimum absolute atomic E-state index is 0.0596. The molecule has 1 aromatic carbocycles. The van der Waals surface area contributed by atoms with Crippen molar-refractivity contribution in [3.63, 3.8) is 0 Å². The highest BCUT2D eigenvalue weighted by Gasteiger charge is 2.20. The molecule has 1 saturated heterocycles. The molecule has 17 heavy (non-hydrogen) atoms. The first-order valence-corrected chi connectivity index (χ1v) is 5.91. The van der Waals surface area contributed by atoms with Crippen molar-refractivity contribution < 1.29 is 4.74 Å². The van der Waals surface area contributed by atoms with E-state index in [1.807, 2.05) is 24.3 Å². The van der Waals surface area contributed by atoms with Crippen molar-refractivity contribution in [2.45, 2.75) is 18.8 Å². The number of aromatic amines is 1. The molecule has 3 rings (SSSR count). The van der Waals surface area contributed by atoms with E-state index in [1.165, 1.54) is 0 Å². The topological polar surface area (TPSA) is 55.0 Å². The summed E-state index contributed by atoms with van der Waals surface area (Å²) in [7, 11) is 0. The first-order valence-electron chi connectivity index (χ1n) is 5.91. The van der Waals surface area contributed by atoms with Crippen molar-refractivity contribution in [1.29, 1.82) is 0 Å². The average molecular weight is 230 g/mol. The molecule has 0 atom stereocenters. The molecular weight excluding hydrogens is 216 g/mol. The summed E-state index contributed by atoms with van der Waals surface area (Å²) in [5, 5.41) is 0. The molecule has 4 heteroatoms. The van der Waals surface area contributed by atoms with Crippen LogP contribution in [0.2, 0.25) is 0 Å². The van der Waals surface area contributed by atoms with Crippen LogP contribution in [0.4, 0.5) is 0 Å². The molecule has 0 spiro atoms. The second-order valence-corrected chi connectivity index (χ2v) is 4.35. The predicted octanol–water partition coefficient (Wildman–Crippen LogP) is 1.82. The summed E-state index contributed by atoms with van der Waals surface area (Å²) in [5.74, 6) is 0.233. The fourth-order valence-corrected chi connectivity index (χ4v) is 2.29. The summed E-state index contributed by atoms with van der Waals surface area (Å²) in [6.45, 7) is 1.44. The Morgan fingerprint density at radius 2 is 2.00 bits per heavy atom. The van der Waals surface area contributed by atoms with Crippen molar-refractivity contribution >= 4 is 11.0 Å². The molecular formula is C13H14N2O2. The molecule has 1 fully saturated rings. The average Bonchev–Trinajstić information content (AvgIpc) is 2.39. The third kappa shape index (κ3) is 1.96. The Bertz CT molecular complexity index is 585. The van der Waals surface area contributed by atoms with Crippen molar-refractivity contribution in [1.82, 2.24) is 9.97 Å². The maximum Gasteiger partial charge on any atom is 0.270 e. The normalized spacial score (nSPS) is 17.4. The van der Waals surface area contributed by atoms with E-state index in [2.05, 4.69) is 9.97 Å². The third-order valence-electron chi connectivity index (χ3n) is 3.23. The van der Waals surface area contributed by atoms with Gasteiger partial charge in [0.2, 0.25) is 0 Å². The summed E-state index contributed by atoms with van der Waals surface area (Å²) < 4.78 is 5.31. The van der Waals surface area contributed by atoms with Gasteiger partial charge in [0.05, 0.1) is 11.0 Å². The summed E-state index contributed by atoms with van der Waals surface area (Å²) in [4.78, 5) is 19.4. The van der Waals surface area contributed by atoms with Gasteiger partial charge in [0.25, 0.3) is 5.56 Å². The van der Waals surface area contributed by atoms with Gasteiger partial charge in [0.15, 0.2) is 0 Å². The zero-order chi connectivity index (χ0) is 11.7. The van der Waals surface area contributed by atoms with E-state index in [-0.39, 0.29) is 11.5 Å². The van der Waals surface area contributed by atoms with Crippen LogP contribution in [-0.2, 0) is 4.74 Å². The zero-order valence-corrected chi connectivity index (χ0v) is 9.48. The summed E-state index contributed by atoms with van der Waals surface area (Å²) >= 11 is 0. The number of fused-ring (bicyclic) bond motifs is 1. The number of ether oxygens (including phenoxy) is 1. The van der Waals surface area contributed by atoms with Gasteiger partial charge in [-0.15, -0.1) is 0 Å². The number of benzene rings is 1. The van der Waals surface area contributed by atoms with Crippen LogP contribution in [0.25, 0.3) is 11.0 Å². The Morgan fingerprint density at radius 1 is 1.24 bits per heavy atom. The van der Waals surface area contributed by atoms with Crippen LogP contribution in [0, 0.1) is 0 Å². The molecule has 1 aromatic heterocycles. The molecule has 2 heterocycles. The van der Waals surface area contributed by atoms with Crippen LogP contribution in [0.5, 0.6) is 0 Å². The van der Waals surface area contributed by atoms with Gasteiger partial charge >= 0.3 is 0 Å². The molecule has 0 radical (unpaired) electrons. The van der Waals surface area contributed by atoms with E-state index in [1.54, 1.807) is 0 Å². The quantitative estimate of drug-likeness (QED) is 0.813. The zero-order valence-electron chi connectivity index (χ0n) is 9.48. The maximum absolute atomic E-state index is 12.0. The van der Waals surface area contributed by atoms with Crippen molar-refractivity contribution in [2.75, 3.05) is 13.2 Å². The lowest BCUT2D eigenvalue weighted by atomic mass is 9.96. The van der Waals surface area contributed by atoms with E-state index in [0.29, 0.717) is 5.69 Å². The molecule has 0 unspecified atom stereocenters. The Morgan fingerprint density at radius 3 is 2.82 bits per heavy atom. The predicted molar refractivity (Wildman–Crippen MR) is 65.2 cm³/mol. The number of aromatic nitrogens is 2. The van der Waals surface area contributed by atoms with Crippen LogP contribution in [0.1, 0.15) is 24.5 Å². The van der Waals surface area contributed by atoms with Crippen LogP contribution in [0.15, 0.2) is 29.1 Å². The maximum atomic E-state index is 12.0. The molecule has 1 aliphatic heterocycles. The van der Waals surface area contributed by atoms with Gasteiger partial charge in [0, 0.05) is 19.1 Å². The van der Waals surface area contributed by atoms with Crippen molar-refractivity contribution in [3.8, 4) is 0 Å². The molecule has 88 valence electrons.